The zero-order valence-electron chi connectivity index (χ0n) is 13.0. The van der Waals surface area contributed by atoms with Gasteiger partial charge in [0.1, 0.15) is 11.8 Å². The Morgan fingerprint density at radius 2 is 2.05 bits per heavy atom. The number of benzene rings is 1. The van der Waals surface area contributed by atoms with Crippen molar-refractivity contribution in [1.82, 2.24) is 5.32 Å². The van der Waals surface area contributed by atoms with Gasteiger partial charge in [-0.2, -0.15) is 5.26 Å². The van der Waals surface area contributed by atoms with Gasteiger partial charge in [0.05, 0.1) is 0 Å². The predicted molar refractivity (Wildman–Crippen MR) is 85.0 cm³/mol. The van der Waals surface area contributed by atoms with Gasteiger partial charge in [-0.1, -0.05) is 44.4 Å². The van der Waals surface area contributed by atoms with E-state index >= 15 is 0 Å². The van der Waals surface area contributed by atoms with E-state index in [1.165, 1.54) is 38.5 Å². The summed E-state index contributed by atoms with van der Waals surface area (Å²) < 4.78 is 5.50. The summed E-state index contributed by atoms with van der Waals surface area (Å²) in [5.41, 5.74) is 1.14. The summed E-state index contributed by atoms with van der Waals surface area (Å²) in [6, 6.07) is 10.6. The number of nitrogens with one attached hydrogen (secondary N) is 1. The Morgan fingerprint density at radius 1 is 1.29 bits per heavy atom. The molecule has 0 bridgehead atoms. The van der Waals surface area contributed by atoms with E-state index < -0.39 is 0 Å². The Labute approximate surface area is 128 Å². The minimum absolute atomic E-state index is 0.108. The van der Waals surface area contributed by atoms with Gasteiger partial charge in [-0.25, -0.2) is 0 Å². The molecule has 1 atom stereocenters. The summed E-state index contributed by atoms with van der Waals surface area (Å²) >= 11 is 0. The van der Waals surface area contributed by atoms with Crippen LogP contribution in [0.4, 0.5) is 0 Å². The molecular formula is C18H26N2O. The van der Waals surface area contributed by atoms with Gasteiger partial charge in [-0.15, -0.1) is 0 Å². The average molecular weight is 286 g/mol. The van der Waals surface area contributed by atoms with Crippen molar-refractivity contribution in [3.05, 3.63) is 29.8 Å². The lowest BCUT2D eigenvalue weighted by Crippen LogP contribution is -2.36. The number of ether oxygens (including phenoxy) is 1. The number of para-hydroxylation sites is 1. The van der Waals surface area contributed by atoms with Crippen molar-refractivity contribution in [1.29, 1.82) is 5.26 Å². The molecule has 1 fully saturated rings. The fraction of sp³-hybridized carbons (Fsp3) is 0.611. The van der Waals surface area contributed by atoms with Crippen LogP contribution in [-0.4, -0.2) is 12.6 Å². The maximum Gasteiger partial charge on any atom is 0.174 e. The lowest BCUT2D eigenvalue weighted by atomic mass is 9.83. The first-order valence-corrected chi connectivity index (χ1v) is 8.16. The van der Waals surface area contributed by atoms with Crippen LogP contribution in [0.15, 0.2) is 24.3 Å². The van der Waals surface area contributed by atoms with E-state index in [2.05, 4.69) is 18.3 Å². The SMILES string of the molecule is CCC(NCc1ccccc1OCC#N)C1CCCCC1. The van der Waals surface area contributed by atoms with Crippen LogP contribution >= 0.6 is 0 Å². The van der Waals surface area contributed by atoms with Crippen molar-refractivity contribution in [3.63, 3.8) is 0 Å². The number of rotatable bonds is 7. The third-order valence-electron chi connectivity index (χ3n) is 4.48. The highest BCUT2D eigenvalue weighted by Crippen LogP contribution is 2.28. The quantitative estimate of drug-likeness (QED) is 0.823. The van der Waals surface area contributed by atoms with Gasteiger partial charge in [0.25, 0.3) is 0 Å². The lowest BCUT2D eigenvalue weighted by molar-refractivity contribution is 0.260. The Kier molecular flexibility index (Phi) is 6.56. The van der Waals surface area contributed by atoms with Gasteiger partial charge in [0.2, 0.25) is 0 Å². The number of hydrogen-bond donors (Lipinski definition) is 1. The normalized spacial score (nSPS) is 17.1. The number of nitriles is 1. The molecule has 21 heavy (non-hydrogen) atoms. The molecule has 0 heterocycles. The van der Waals surface area contributed by atoms with Crippen LogP contribution in [0, 0.1) is 17.2 Å². The van der Waals surface area contributed by atoms with Gasteiger partial charge in [-0.3, -0.25) is 0 Å². The zero-order chi connectivity index (χ0) is 14.9. The minimum Gasteiger partial charge on any atom is -0.478 e. The van der Waals surface area contributed by atoms with E-state index in [1.54, 1.807) is 0 Å². The zero-order valence-corrected chi connectivity index (χ0v) is 13.0. The maximum atomic E-state index is 8.65. The molecule has 2 rings (SSSR count). The maximum absolute atomic E-state index is 8.65. The van der Waals surface area contributed by atoms with Gasteiger partial charge in [0.15, 0.2) is 6.61 Å². The Morgan fingerprint density at radius 3 is 2.76 bits per heavy atom. The molecule has 0 aromatic heterocycles. The molecule has 3 nitrogen and oxygen atoms in total. The molecule has 0 aliphatic heterocycles. The minimum atomic E-state index is 0.108. The van der Waals surface area contributed by atoms with Crippen LogP contribution in [0.1, 0.15) is 51.0 Å². The predicted octanol–water partition coefficient (Wildman–Crippen LogP) is 4.04. The molecule has 0 spiro atoms. The van der Waals surface area contributed by atoms with Crippen molar-refractivity contribution in [2.45, 2.75) is 58.0 Å². The summed E-state index contributed by atoms with van der Waals surface area (Å²) in [5.74, 6) is 1.64. The summed E-state index contributed by atoms with van der Waals surface area (Å²) in [4.78, 5) is 0. The highest BCUT2D eigenvalue weighted by molar-refractivity contribution is 5.33. The van der Waals surface area contributed by atoms with E-state index in [4.69, 9.17) is 10.00 Å². The molecule has 1 unspecified atom stereocenters. The highest BCUT2D eigenvalue weighted by Gasteiger charge is 2.21. The average Bonchev–Trinajstić information content (AvgIpc) is 2.55. The smallest absolute Gasteiger partial charge is 0.174 e. The summed E-state index contributed by atoms with van der Waals surface area (Å²) in [6.45, 7) is 3.19. The Balaban J connectivity index is 1.92. The molecule has 3 heteroatoms. The van der Waals surface area contributed by atoms with Gasteiger partial charge < -0.3 is 10.1 Å². The van der Waals surface area contributed by atoms with Crippen LogP contribution < -0.4 is 10.1 Å². The monoisotopic (exact) mass is 286 g/mol. The Hall–Kier alpha value is -1.53. The van der Waals surface area contributed by atoms with E-state index in [1.807, 2.05) is 24.3 Å². The first-order chi connectivity index (χ1) is 10.3. The van der Waals surface area contributed by atoms with Crippen molar-refractivity contribution >= 4 is 0 Å². The molecule has 0 amide bonds. The standard InChI is InChI=1S/C18H26N2O/c1-2-17(15-8-4-3-5-9-15)20-14-16-10-6-7-11-18(16)21-13-12-19/h6-7,10-11,15,17,20H,2-5,8-9,13-14H2,1H3. The molecule has 0 radical (unpaired) electrons. The summed E-state index contributed by atoms with van der Waals surface area (Å²) in [7, 11) is 0. The highest BCUT2D eigenvalue weighted by atomic mass is 16.5. The summed E-state index contributed by atoms with van der Waals surface area (Å²) in [6.07, 6.45) is 8.05. The summed E-state index contributed by atoms with van der Waals surface area (Å²) in [5, 5.41) is 12.4. The Bertz CT molecular complexity index is 461. The second-order valence-corrected chi connectivity index (χ2v) is 5.85. The van der Waals surface area contributed by atoms with Crippen LogP contribution in [0.25, 0.3) is 0 Å². The van der Waals surface area contributed by atoms with E-state index in [9.17, 15) is 0 Å². The molecule has 0 saturated heterocycles. The molecule has 1 aromatic carbocycles. The molecule has 1 aromatic rings. The molecule has 1 saturated carbocycles. The second-order valence-electron chi connectivity index (χ2n) is 5.85. The molecule has 1 aliphatic rings. The fourth-order valence-electron chi connectivity index (χ4n) is 3.32. The second kappa shape index (κ2) is 8.69. The number of hydrogen-bond acceptors (Lipinski definition) is 3. The fourth-order valence-corrected chi connectivity index (χ4v) is 3.32. The van der Waals surface area contributed by atoms with Crippen LogP contribution in [0.3, 0.4) is 0 Å². The van der Waals surface area contributed by atoms with Crippen LogP contribution in [-0.2, 0) is 6.54 Å². The van der Waals surface area contributed by atoms with Gasteiger partial charge in [-0.05, 0) is 31.2 Å². The van der Waals surface area contributed by atoms with Crippen molar-refractivity contribution in [2.24, 2.45) is 5.92 Å². The van der Waals surface area contributed by atoms with Crippen molar-refractivity contribution < 1.29 is 4.74 Å². The van der Waals surface area contributed by atoms with Crippen LogP contribution in [0.2, 0.25) is 0 Å². The van der Waals surface area contributed by atoms with Crippen molar-refractivity contribution in [2.75, 3.05) is 6.61 Å². The molecular weight excluding hydrogens is 260 g/mol. The molecule has 1 aliphatic carbocycles. The third-order valence-corrected chi connectivity index (χ3v) is 4.48. The van der Waals surface area contributed by atoms with E-state index in [0.717, 1.165) is 23.8 Å². The van der Waals surface area contributed by atoms with Crippen molar-refractivity contribution in [3.8, 4) is 11.8 Å². The topological polar surface area (TPSA) is 45.0 Å². The van der Waals surface area contributed by atoms with E-state index in [0.29, 0.717) is 6.04 Å². The molecule has 1 N–H and O–H groups in total. The first kappa shape index (κ1) is 15.9. The lowest BCUT2D eigenvalue weighted by Gasteiger charge is -2.30. The first-order valence-electron chi connectivity index (χ1n) is 8.16. The number of nitrogens with zero attached hydrogens (tertiary/aromatic N) is 1. The largest absolute Gasteiger partial charge is 0.478 e. The van der Waals surface area contributed by atoms with Crippen LogP contribution in [0.5, 0.6) is 5.75 Å². The van der Waals surface area contributed by atoms with E-state index in [-0.39, 0.29) is 6.61 Å². The van der Waals surface area contributed by atoms with Gasteiger partial charge in [0, 0.05) is 18.2 Å². The molecule has 114 valence electrons. The van der Waals surface area contributed by atoms with Gasteiger partial charge >= 0.3 is 0 Å². The third kappa shape index (κ3) is 4.75.